The number of rotatable bonds is 8. The number of carbonyl (C=O) groups excluding carboxylic acids is 1. The van der Waals surface area contributed by atoms with E-state index in [9.17, 15) is 4.79 Å². The second-order valence-electron chi connectivity index (χ2n) is 6.90. The number of hydrogen-bond acceptors (Lipinski definition) is 5. The molecule has 26 heavy (non-hydrogen) atoms. The van der Waals surface area contributed by atoms with Gasteiger partial charge >= 0.3 is 0 Å². The van der Waals surface area contributed by atoms with Crippen LogP contribution in [0.4, 0.5) is 0 Å². The Bertz CT molecular complexity index is 578. The van der Waals surface area contributed by atoms with Gasteiger partial charge in [-0.05, 0) is 44.8 Å². The molecule has 2 aliphatic heterocycles. The van der Waals surface area contributed by atoms with Gasteiger partial charge in [-0.15, -0.1) is 6.58 Å². The summed E-state index contributed by atoms with van der Waals surface area (Å²) in [6, 6.07) is 3.61. The molecule has 142 valence electrons. The summed E-state index contributed by atoms with van der Waals surface area (Å²) in [5.74, 6) is 0.587. The Morgan fingerprint density at radius 2 is 2.04 bits per heavy atom. The molecule has 0 unspecified atom stereocenters. The quantitative estimate of drug-likeness (QED) is 0.667. The zero-order valence-corrected chi connectivity index (χ0v) is 15.4. The first-order valence-corrected chi connectivity index (χ1v) is 9.59. The highest BCUT2D eigenvalue weighted by atomic mass is 16.5. The number of morpholine rings is 1. The molecule has 3 heterocycles. The zero-order chi connectivity index (χ0) is 18.2. The Morgan fingerprint density at radius 3 is 2.69 bits per heavy atom. The van der Waals surface area contributed by atoms with Crippen molar-refractivity contribution >= 4 is 5.91 Å². The van der Waals surface area contributed by atoms with E-state index in [4.69, 9.17) is 9.47 Å². The molecule has 1 aromatic heterocycles. The van der Waals surface area contributed by atoms with Crippen LogP contribution in [-0.4, -0.2) is 72.7 Å². The van der Waals surface area contributed by atoms with Gasteiger partial charge in [0, 0.05) is 31.9 Å². The monoisotopic (exact) mass is 359 g/mol. The van der Waals surface area contributed by atoms with E-state index in [1.807, 2.05) is 6.08 Å². The number of allylic oxidation sites excluding steroid dienone is 1. The topological polar surface area (TPSA) is 54.9 Å². The molecule has 2 saturated heterocycles. The number of amides is 1. The van der Waals surface area contributed by atoms with Crippen molar-refractivity contribution in [1.82, 2.24) is 14.8 Å². The lowest BCUT2D eigenvalue weighted by Crippen LogP contribution is -2.40. The van der Waals surface area contributed by atoms with E-state index in [0.29, 0.717) is 37.7 Å². The number of likely N-dealkylation sites (tertiary alicyclic amines) is 1. The molecule has 0 aromatic carbocycles. The first-order chi connectivity index (χ1) is 12.8. The SMILES string of the molecule is C=CCC[C@H](CN1CCCC1)Oc1ccc(C(=O)N2CCOCC2)cn1. The number of pyridine rings is 1. The molecule has 0 N–H and O–H groups in total. The second kappa shape index (κ2) is 9.69. The molecule has 6 nitrogen and oxygen atoms in total. The number of carbonyl (C=O) groups is 1. The molecule has 6 heteroatoms. The molecule has 2 aliphatic rings. The van der Waals surface area contributed by atoms with Crippen LogP contribution in [0.3, 0.4) is 0 Å². The van der Waals surface area contributed by atoms with E-state index in [-0.39, 0.29) is 12.0 Å². The number of ether oxygens (including phenoxy) is 2. The van der Waals surface area contributed by atoms with Crippen LogP contribution >= 0.6 is 0 Å². The largest absolute Gasteiger partial charge is 0.473 e. The number of nitrogens with zero attached hydrogens (tertiary/aromatic N) is 3. The third-order valence-corrected chi connectivity index (χ3v) is 4.92. The van der Waals surface area contributed by atoms with Crippen LogP contribution in [0.2, 0.25) is 0 Å². The van der Waals surface area contributed by atoms with Gasteiger partial charge in [0.15, 0.2) is 0 Å². The Kier molecular flexibility index (Phi) is 7.03. The summed E-state index contributed by atoms with van der Waals surface area (Å²) >= 11 is 0. The van der Waals surface area contributed by atoms with Gasteiger partial charge in [-0.2, -0.15) is 0 Å². The average molecular weight is 359 g/mol. The highest BCUT2D eigenvalue weighted by Gasteiger charge is 2.21. The van der Waals surface area contributed by atoms with E-state index in [1.165, 1.54) is 12.8 Å². The summed E-state index contributed by atoms with van der Waals surface area (Å²) in [7, 11) is 0. The maximum absolute atomic E-state index is 12.5. The fraction of sp³-hybridized carbons (Fsp3) is 0.600. The van der Waals surface area contributed by atoms with Gasteiger partial charge in [-0.25, -0.2) is 4.98 Å². The minimum Gasteiger partial charge on any atom is -0.473 e. The van der Waals surface area contributed by atoms with Crippen LogP contribution in [0, 0.1) is 0 Å². The second-order valence-corrected chi connectivity index (χ2v) is 6.90. The summed E-state index contributed by atoms with van der Waals surface area (Å²) in [4.78, 5) is 21.1. The van der Waals surface area contributed by atoms with Gasteiger partial charge in [0.05, 0.1) is 18.8 Å². The smallest absolute Gasteiger partial charge is 0.255 e. The molecular weight excluding hydrogens is 330 g/mol. The minimum atomic E-state index is 0.00706. The Labute approximate surface area is 155 Å². The van der Waals surface area contributed by atoms with Crippen molar-refractivity contribution in [2.45, 2.75) is 31.8 Å². The predicted molar refractivity (Wildman–Crippen MR) is 100 cm³/mol. The van der Waals surface area contributed by atoms with Crippen molar-refractivity contribution in [3.63, 3.8) is 0 Å². The minimum absolute atomic E-state index is 0.00706. The molecule has 1 atom stereocenters. The van der Waals surface area contributed by atoms with E-state index in [0.717, 1.165) is 32.5 Å². The van der Waals surface area contributed by atoms with Crippen LogP contribution in [-0.2, 0) is 4.74 Å². The van der Waals surface area contributed by atoms with E-state index < -0.39 is 0 Å². The van der Waals surface area contributed by atoms with Crippen LogP contribution in [0.25, 0.3) is 0 Å². The zero-order valence-electron chi connectivity index (χ0n) is 15.4. The van der Waals surface area contributed by atoms with Gasteiger partial charge in [0.25, 0.3) is 5.91 Å². The molecule has 2 fully saturated rings. The molecular formula is C20H29N3O3. The van der Waals surface area contributed by atoms with E-state index in [2.05, 4.69) is 16.5 Å². The number of hydrogen-bond donors (Lipinski definition) is 0. The van der Waals surface area contributed by atoms with Crippen molar-refractivity contribution in [3.8, 4) is 5.88 Å². The normalized spacial score (nSPS) is 19.3. The van der Waals surface area contributed by atoms with Crippen LogP contribution in [0.1, 0.15) is 36.0 Å². The van der Waals surface area contributed by atoms with Crippen molar-refractivity contribution in [2.24, 2.45) is 0 Å². The highest BCUT2D eigenvalue weighted by Crippen LogP contribution is 2.17. The van der Waals surface area contributed by atoms with Gasteiger partial charge in [0.2, 0.25) is 5.88 Å². The number of aromatic nitrogens is 1. The molecule has 0 spiro atoms. The Balaban J connectivity index is 1.58. The van der Waals surface area contributed by atoms with Crippen molar-refractivity contribution in [2.75, 3.05) is 45.9 Å². The molecule has 0 bridgehead atoms. The maximum atomic E-state index is 12.5. The lowest BCUT2D eigenvalue weighted by atomic mass is 10.2. The molecule has 1 aromatic rings. The molecule has 0 aliphatic carbocycles. The van der Waals surface area contributed by atoms with Gasteiger partial charge in [-0.1, -0.05) is 6.08 Å². The third-order valence-electron chi connectivity index (χ3n) is 4.92. The summed E-state index contributed by atoms with van der Waals surface area (Å²) in [6.07, 6.45) is 8.03. The van der Waals surface area contributed by atoms with Crippen molar-refractivity contribution in [3.05, 3.63) is 36.5 Å². The predicted octanol–water partition coefficient (Wildman–Crippen LogP) is 2.36. The Morgan fingerprint density at radius 1 is 1.27 bits per heavy atom. The van der Waals surface area contributed by atoms with E-state index in [1.54, 1.807) is 23.2 Å². The van der Waals surface area contributed by atoms with Gasteiger partial charge in [0.1, 0.15) is 6.10 Å². The maximum Gasteiger partial charge on any atom is 0.255 e. The summed E-state index contributed by atoms with van der Waals surface area (Å²) in [5, 5.41) is 0. The van der Waals surface area contributed by atoms with Crippen LogP contribution in [0.5, 0.6) is 5.88 Å². The summed E-state index contributed by atoms with van der Waals surface area (Å²) in [5.41, 5.74) is 0.599. The molecule has 0 saturated carbocycles. The standard InChI is InChI=1S/C20H29N3O3/c1-2-3-6-18(16-22-9-4-5-10-22)26-19-8-7-17(15-21-19)20(24)23-11-13-25-14-12-23/h2,7-8,15,18H,1,3-6,9-14,16H2/t18-/m1/s1. The van der Waals surface area contributed by atoms with Gasteiger partial charge in [-0.3, -0.25) is 9.69 Å². The third kappa shape index (κ3) is 5.29. The fourth-order valence-electron chi connectivity index (χ4n) is 3.44. The molecule has 1 amide bonds. The first-order valence-electron chi connectivity index (χ1n) is 9.59. The van der Waals surface area contributed by atoms with Crippen LogP contribution < -0.4 is 4.74 Å². The summed E-state index contributed by atoms with van der Waals surface area (Å²) < 4.78 is 11.4. The first kappa shape index (κ1) is 18.9. The highest BCUT2D eigenvalue weighted by molar-refractivity contribution is 5.94. The van der Waals surface area contributed by atoms with Crippen molar-refractivity contribution < 1.29 is 14.3 Å². The molecule has 3 rings (SSSR count). The lowest BCUT2D eigenvalue weighted by molar-refractivity contribution is 0.0302. The van der Waals surface area contributed by atoms with Gasteiger partial charge < -0.3 is 14.4 Å². The fourth-order valence-corrected chi connectivity index (χ4v) is 3.44. The Hall–Kier alpha value is -1.92. The molecule has 0 radical (unpaired) electrons. The van der Waals surface area contributed by atoms with Crippen molar-refractivity contribution in [1.29, 1.82) is 0 Å². The average Bonchev–Trinajstić information content (AvgIpc) is 3.20. The lowest BCUT2D eigenvalue weighted by Gasteiger charge is -2.27. The summed E-state index contributed by atoms with van der Waals surface area (Å²) in [6.45, 7) is 9.50. The van der Waals surface area contributed by atoms with E-state index >= 15 is 0 Å². The van der Waals surface area contributed by atoms with Crippen LogP contribution in [0.15, 0.2) is 31.0 Å².